The highest BCUT2D eigenvalue weighted by atomic mass is 16.7. The first-order valence-electron chi connectivity index (χ1n) is 8.90. The van der Waals surface area contributed by atoms with Gasteiger partial charge in [-0.3, -0.25) is 0 Å². The number of rotatable bonds is 7. The van der Waals surface area contributed by atoms with Crippen LogP contribution in [-0.2, 0) is 20.8 Å². The molecule has 0 radical (unpaired) electrons. The highest BCUT2D eigenvalue weighted by Crippen LogP contribution is 2.32. The van der Waals surface area contributed by atoms with Crippen LogP contribution in [0, 0.1) is 11.8 Å². The van der Waals surface area contributed by atoms with Crippen LogP contribution < -0.4 is 0 Å². The molecule has 1 aliphatic heterocycles. The fourth-order valence-corrected chi connectivity index (χ4v) is 3.29. The van der Waals surface area contributed by atoms with E-state index in [2.05, 4.69) is 45.0 Å². The second-order valence-corrected chi connectivity index (χ2v) is 7.20. The van der Waals surface area contributed by atoms with Crippen LogP contribution in [0.4, 0.5) is 0 Å². The Morgan fingerprint density at radius 2 is 1.91 bits per heavy atom. The molecule has 0 amide bonds. The molecule has 1 aromatic carbocycles. The van der Waals surface area contributed by atoms with Crippen LogP contribution in [0.2, 0.25) is 0 Å². The fraction of sp³-hybridized carbons (Fsp3) is 0.700. The van der Waals surface area contributed by atoms with E-state index >= 15 is 0 Å². The van der Waals surface area contributed by atoms with Crippen LogP contribution in [-0.4, -0.2) is 24.6 Å². The Hall–Kier alpha value is -0.900. The van der Waals surface area contributed by atoms with Gasteiger partial charge in [-0.2, -0.15) is 0 Å². The number of benzene rings is 1. The van der Waals surface area contributed by atoms with Gasteiger partial charge in [-0.05, 0) is 31.7 Å². The van der Waals surface area contributed by atoms with E-state index in [1.807, 2.05) is 19.9 Å². The van der Waals surface area contributed by atoms with E-state index < -0.39 is 5.79 Å². The molecular formula is C20H32O3. The molecule has 0 N–H and O–H groups in total. The van der Waals surface area contributed by atoms with Gasteiger partial charge in [0.25, 0.3) is 0 Å². The van der Waals surface area contributed by atoms with E-state index in [-0.39, 0.29) is 12.2 Å². The summed E-state index contributed by atoms with van der Waals surface area (Å²) in [6.45, 7) is 12.2. The summed E-state index contributed by atoms with van der Waals surface area (Å²) in [7, 11) is 0. The largest absolute Gasteiger partial charge is 0.373 e. The third-order valence-corrected chi connectivity index (χ3v) is 4.88. The molecule has 3 nitrogen and oxygen atoms in total. The van der Waals surface area contributed by atoms with Gasteiger partial charge in [-0.15, -0.1) is 0 Å². The molecule has 23 heavy (non-hydrogen) atoms. The van der Waals surface area contributed by atoms with Crippen molar-refractivity contribution in [2.75, 3.05) is 6.61 Å². The Kier molecular flexibility index (Phi) is 6.63. The highest BCUT2D eigenvalue weighted by molar-refractivity contribution is 5.13. The minimum atomic E-state index is -0.489. The minimum absolute atomic E-state index is 0.188. The Morgan fingerprint density at radius 1 is 1.22 bits per heavy atom. The Morgan fingerprint density at radius 3 is 2.52 bits per heavy atom. The molecule has 1 saturated heterocycles. The maximum Gasteiger partial charge on any atom is 0.163 e. The molecule has 0 bridgehead atoms. The lowest BCUT2D eigenvalue weighted by atomic mass is 9.86. The summed E-state index contributed by atoms with van der Waals surface area (Å²) < 4.78 is 18.2. The van der Waals surface area contributed by atoms with Crippen molar-refractivity contribution < 1.29 is 14.2 Å². The molecule has 0 saturated carbocycles. The average molecular weight is 320 g/mol. The third-order valence-electron chi connectivity index (χ3n) is 4.88. The number of hydrogen-bond acceptors (Lipinski definition) is 3. The van der Waals surface area contributed by atoms with E-state index in [1.54, 1.807) is 0 Å². The van der Waals surface area contributed by atoms with Crippen LogP contribution in [0.25, 0.3) is 0 Å². The third kappa shape index (κ3) is 5.30. The zero-order chi connectivity index (χ0) is 16.9. The molecule has 0 unspecified atom stereocenters. The SMILES string of the molecule is CC[C@H](C)[C@H](OCc1ccccc1)[C@H](C)[C@@H]1CCOC(C)(C)O1. The summed E-state index contributed by atoms with van der Waals surface area (Å²) in [6.07, 6.45) is 2.43. The predicted octanol–water partition coefficient (Wildman–Crippen LogP) is 4.80. The van der Waals surface area contributed by atoms with Crippen molar-refractivity contribution in [1.82, 2.24) is 0 Å². The van der Waals surface area contributed by atoms with Crippen molar-refractivity contribution in [3.63, 3.8) is 0 Å². The molecule has 0 aliphatic carbocycles. The first kappa shape index (κ1) is 18.4. The zero-order valence-electron chi connectivity index (χ0n) is 15.2. The predicted molar refractivity (Wildman–Crippen MR) is 93.2 cm³/mol. The lowest BCUT2D eigenvalue weighted by molar-refractivity contribution is -0.288. The van der Waals surface area contributed by atoms with Gasteiger partial charge in [0.05, 0.1) is 25.4 Å². The molecular weight excluding hydrogens is 288 g/mol. The van der Waals surface area contributed by atoms with Crippen LogP contribution in [0.5, 0.6) is 0 Å². The summed E-state index contributed by atoms with van der Waals surface area (Å²) in [5, 5.41) is 0. The Balaban J connectivity index is 2.02. The summed E-state index contributed by atoms with van der Waals surface area (Å²) in [6, 6.07) is 10.4. The topological polar surface area (TPSA) is 27.7 Å². The van der Waals surface area contributed by atoms with Gasteiger partial charge < -0.3 is 14.2 Å². The van der Waals surface area contributed by atoms with Crippen molar-refractivity contribution in [3.05, 3.63) is 35.9 Å². The van der Waals surface area contributed by atoms with Gasteiger partial charge in [0.2, 0.25) is 0 Å². The normalized spacial score (nSPS) is 24.8. The number of ether oxygens (including phenoxy) is 3. The van der Waals surface area contributed by atoms with Crippen molar-refractivity contribution in [2.45, 2.75) is 72.1 Å². The molecule has 1 heterocycles. The Bertz CT molecular complexity index is 457. The fourth-order valence-electron chi connectivity index (χ4n) is 3.29. The molecule has 3 heteroatoms. The molecule has 2 rings (SSSR count). The molecule has 1 fully saturated rings. The average Bonchev–Trinajstić information content (AvgIpc) is 2.54. The minimum Gasteiger partial charge on any atom is -0.373 e. The summed E-state index contributed by atoms with van der Waals surface area (Å²) in [5.74, 6) is 0.358. The lowest BCUT2D eigenvalue weighted by Crippen LogP contribution is -2.46. The number of hydrogen-bond donors (Lipinski definition) is 0. The van der Waals surface area contributed by atoms with Gasteiger partial charge in [0.1, 0.15) is 0 Å². The second-order valence-electron chi connectivity index (χ2n) is 7.20. The summed E-state index contributed by atoms with van der Waals surface area (Å²) in [5.41, 5.74) is 1.22. The maximum atomic E-state index is 6.34. The van der Waals surface area contributed by atoms with Crippen molar-refractivity contribution in [3.8, 4) is 0 Å². The van der Waals surface area contributed by atoms with E-state index in [0.717, 1.165) is 19.4 Å². The molecule has 1 aliphatic rings. The quantitative estimate of drug-likeness (QED) is 0.722. The van der Waals surface area contributed by atoms with Crippen LogP contribution in [0.1, 0.15) is 53.0 Å². The molecule has 130 valence electrons. The van der Waals surface area contributed by atoms with Gasteiger partial charge in [0, 0.05) is 5.92 Å². The smallest absolute Gasteiger partial charge is 0.163 e. The van der Waals surface area contributed by atoms with Crippen LogP contribution in [0.15, 0.2) is 30.3 Å². The monoisotopic (exact) mass is 320 g/mol. The van der Waals surface area contributed by atoms with Crippen LogP contribution >= 0.6 is 0 Å². The van der Waals surface area contributed by atoms with Gasteiger partial charge in [-0.1, -0.05) is 57.5 Å². The first-order valence-corrected chi connectivity index (χ1v) is 8.90. The van der Waals surface area contributed by atoms with Crippen molar-refractivity contribution >= 4 is 0 Å². The zero-order valence-corrected chi connectivity index (χ0v) is 15.2. The van der Waals surface area contributed by atoms with E-state index in [0.29, 0.717) is 18.4 Å². The van der Waals surface area contributed by atoms with Gasteiger partial charge in [-0.25, -0.2) is 0 Å². The van der Waals surface area contributed by atoms with E-state index in [4.69, 9.17) is 14.2 Å². The van der Waals surface area contributed by atoms with Crippen LogP contribution in [0.3, 0.4) is 0 Å². The van der Waals surface area contributed by atoms with Gasteiger partial charge in [0.15, 0.2) is 5.79 Å². The molecule has 0 aromatic heterocycles. The first-order chi connectivity index (χ1) is 10.9. The van der Waals surface area contributed by atoms with E-state index in [9.17, 15) is 0 Å². The Labute approximate surface area is 141 Å². The standard InChI is InChI=1S/C20H32O3/c1-6-15(2)19(21-14-17-10-8-7-9-11-17)16(3)18-12-13-22-20(4,5)23-18/h7-11,15-16,18-19H,6,12-14H2,1-5H3/t15-,16+,18-,19-/m0/s1. The molecule has 1 aromatic rings. The highest BCUT2D eigenvalue weighted by Gasteiger charge is 2.37. The van der Waals surface area contributed by atoms with Crippen molar-refractivity contribution in [2.24, 2.45) is 11.8 Å². The van der Waals surface area contributed by atoms with Crippen molar-refractivity contribution in [1.29, 1.82) is 0 Å². The molecule has 0 spiro atoms. The summed E-state index contributed by atoms with van der Waals surface area (Å²) >= 11 is 0. The maximum absolute atomic E-state index is 6.34. The second kappa shape index (κ2) is 8.27. The van der Waals surface area contributed by atoms with Gasteiger partial charge >= 0.3 is 0 Å². The lowest BCUT2D eigenvalue weighted by Gasteiger charge is -2.42. The molecule has 4 atom stereocenters. The van der Waals surface area contributed by atoms with E-state index in [1.165, 1.54) is 5.56 Å². The summed E-state index contributed by atoms with van der Waals surface area (Å²) in [4.78, 5) is 0.